The van der Waals surface area contributed by atoms with Gasteiger partial charge in [-0.3, -0.25) is 9.35 Å². The zero-order valence-electron chi connectivity index (χ0n) is 8.11. The highest BCUT2D eigenvalue weighted by atomic mass is 32.3. The van der Waals surface area contributed by atoms with Crippen molar-refractivity contribution in [3.05, 3.63) is 35.9 Å². The quantitative estimate of drug-likeness (QED) is 0.623. The first kappa shape index (κ1) is 11.1. The van der Waals surface area contributed by atoms with Crippen LogP contribution in [0, 0.1) is 0 Å². The first-order valence-corrected chi connectivity index (χ1v) is 5.88. The van der Waals surface area contributed by atoms with Gasteiger partial charge in [0.2, 0.25) is 5.91 Å². The lowest BCUT2D eigenvalue weighted by molar-refractivity contribution is -0.191. The molecule has 1 aromatic carbocycles. The Labute approximate surface area is 92.3 Å². The maximum absolute atomic E-state index is 11.1. The number of amides is 1. The summed E-state index contributed by atoms with van der Waals surface area (Å²) in [6, 6.07) is 8.37. The summed E-state index contributed by atoms with van der Waals surface area (Å²) in [6.07, 6.45) is 0.166. The Morgan fingerprint density at radius 1 is 1.31 bits per heavy atom. The van der Waals surface area contributed by atoms with E-state index in [1.807, 2.05) is 0 Å². The van der Waals surface area contributed by atoms with E-state index in [1.165, 1.54) is 0 Å². The minimum atomic E-state index is -4.65. The van der Waals surface area contributed by atoms with E-state index < -0.39 is 22.3 Å². The number of hydroxylamine groups is 2. The molecule has 0 aromatic heterocycles. The molecule has 0 radical (unpaired) electrons. The molecule has 1 aromatic rings. The van der Waals surface area contributed by atoms with Crippen molar-refractivity contribution in [3.63, 3.8) is 0 Å². The number of carbonyl (C=O) groups excluding carboxylic acids is 1. The molecule has 0 spiro atoms. The van der Waals surface area contributed by atoms with Crippen LogP contribution in [0.25, 0.3) is 0 Å². The van der Waals surface area contributed by atoms with Crippen LogP contribution in [0.3, 0.4) is 0 Å². The molecule has 1 unspecified atom stereocenters. The van der Waals surface area contributed by atoms with Crippen molar-refractivity contribution in [2.24, 2.45) is 0 Å². The average Bonchev–Trinajstić information content (AvgIpc) is 2.23. The molecule has 1 aliphatic rings. The average molecular weight is 243 g/mol. The fraction of sp³-hybridized carbons (Fsp3) is 0.222. The minimum Gasteiger partial charge on any atom is -0.272 e. The summed E-state index contributed by atoms with van der Waals surface area (Å²) in [4.78, 5) is 11.1. The Morgan fingerprint density at radius 2 is 1.94 bits per heavy atom. The van der Waals surface area contributed by atoms with E-state index in [-0.39, 0.29) is 6.42 Å². The van der Waals surface area contributed by atoms with Gasteiger partial charge in [0.05, 0.1) is 12.5 Å². The molecule has 1 atom stereocenters. The summed E-state index contributed by atoms with van der Waals surface area (Å²) in [5.74, 6) is -0.480. The van der Waals surface area contributed by atoms with Crippen LogP contribution in [0.5, 0.6) is 0 Å². The molecule has 16 heavy (non-hydrogen) atoms. The number of benzene rings is 1. The van der Waals surface area contributed by atoms with Crippen molar-refractivity contribution >= 4 is 16.3 Å². The van der Waals surface area contributed by atoms with Gasteiger partial charge in [-0.15, -0.1) is 4.28 Å². The third-order valence-corrected chi connectivity index (χ3v) is 2.60. The zero-order valence-corrected chi connectivity index (χ0v) is 8.92. The van der Waals surface area contributed by atoms with Crippen LogP contribution >= 0.6 is 0 Å². The molecular weight excluding hydrogens is 234 g/mol. The van der Waals surface area contributed by atoms with Crippen molar-refractivity contribution in [1.82, 2.24) is 5.06 Å². The van der Waals surface area contributed by atoms with Crippen LogP contribution in [0.4, 0.5) is 0 Å². The van der Waals surface area contributed by atoms with Gasteiger partial charge in [-0.25, -0.2) is 0 Å². The third kappa shape index (κ3) is 2.21. The smallest absolute Gasteiger partial charge is 0.272 e. The van der Waals surface area contributed by atoms with E-state index >= 15 is 0 Å². The number of nitrogens with zero attached hydrogens (tertiary/aromatic N) is 1. The van der Waals surface area contributed by atoms with Crippen LogP contribution in [-0.2, 0) is 19.5 Å². The Hall–Kier alpha value is -1.44. The standard InChI is InChI=1S/C9H9NO5S/c11-9-6-8(7-4-2-1-3-5-7)10(9)15-16(12,13)14/h1-5,8H,6H2,(H,12,13,14). The Bertz CT molecular complexity index is 498. The summed E-state index contributed by atoms with van der Waals surface area (Å²) in [5, 5.41) is 0.657. The largest absolute Gasteiger partial charge is 0.418 e. The predicted molar refractivity (Wildman–Crippen MR) is 53.3 cm³/mol. The molecule has 1 N–H and O–H groups in total. The molecule has 0 aliphatic carbocycles. The van der Waals surface area contributed by atoms with Gasteiger partial charge in [-0.1, -0.05) is 30.3 Å². The second kappa shape index (κ2) is 3.85. The van der Waals surface area contributed by atoms with E-state index in [4.69, 9.17) is 4.55 Å². The van der Waals surface area contributed by atoms with Crippen LogP contribution in [0.1, 0.15) is 18.0 Å². The van der Waals surface area contributed by atoms with Crippen LogP contribution < -0.4 is 0 Å². The van der Waals surface area contributed by atoms with E-state index in [2.05, 4.69) is 4.28 Å². The van der Waals surface area contributed by atoms with Crippen LogP contribution in [0.2, 0.25) is 0 Å². The number of hydrogen-bond acceptors (Lipinski definition) is 4. The molecule has 7 heteroatoms. The molecule has 1 fully saturated rings. The second-order valence-electron chi connectivity index (χ2n) is 3.35. The lowest BCUT2D eigenvalue weighted by atomic mass is 9.97. The summed E-state index contributed by atoms with van der Waals surface area (Å²) in [6.45, 7) is 0. The molecule has 1 amide bonds. The first-order valence-electron chi connectivity index (χ1n) is 4.51. The number of rotatable bonds is 3. The van der Waals surface area contributed by atoms with Gasteiger partial charge in [0.1, 0.15) is 0 Å². The Morgan fingerprint density at radius 3 is 2.44 bits per heavy atom. The van der Waals surface area contributed by atoms with E-state index in [9.17, 15) is 13.2 Å². The minimum absolute atomic E-state index is 0.166. The SMILES string of the molecule is O=C1CC(c2ccccc2)N1OS(=O)(=O)O. The molecular formula is C9H9NO5S. The maximum Gasteiger partial charge on any atom is 0.418 e. The fourth-order valence-electron chi connectivity index (χ4n) is 1.52. The summed E-state index contributed by atoms with van der Waals surface area (Å²) < 4.78 is 33.6. The first-order chi connectivity index (χ1) is 7.47. The highest BCUT2D eigenvalue weighted by Crippen LogP contribution is 2.34. The molecule has 1 saturated heterocycles. The molecule has 1 aliphatic heterocycles. The van der Waals surface area contributed by atoms with Crippen molar-refractivity contribution in [2.75, 3.05) is 0 Å². The number of carbonyl (C=O) groups is 1. The molecule has 0 saturated carbocycles. The fourth-order valence-corrected chi connectivity index (χ4v) is 1.91. The molecule has 2 rings (SSSR count). The zero-order chi connectivity index (χ0) is 11.8. The summed E-state index contributed by atoms with van der Waals surface area (Å²) >= 11 is 0. The topological polar surface area (TPSA) is 83.9 Å². The molecule has 86 valence electrons. The lowest BCUT2D eigenvalue weighted by Crippen LogP contribution is -2.47. The number of hydrogen-bond donors (Lipinski definition) is 1. The summed E-state index contributed by atoms with van der Waals surface area (Å²) in [5.41, 5.74) is 0.755. The highest BCUT2D eigenvalue weighted by Gasteiger charge is 2.41. The molecule has 0 bridgehead atoms. The van der Waals surface area contributed by atoms with Gasteiger partial charge in [0, 0.05) is 0 Å². The monoisotopic (exact) mass is 243 g/mol. The van der Waals surface area contributed by atoms with Crippen LogP contribution in [0.15, 0.2) is 30.3 Å². The van der Waals surface area contributed by atoms with Crippen molar-refractivity contribution < 1.29 is 22.0 Å². The van der Waals surface area contributed by atoms with Crippen molar-refractivity contribution in [3.8, 4) is 0 Å². The normalized spacial score (nSPS) is 20.7. The van der Waals surface area contributed by atoms with Gasteiger partial charge in [-0.05, 0) is 5.56 Å². The Kier molecular flexibility index (Phi) is 2.66. The van der Waals surface area contributed by atoms with Gasteiger partial charge in [0.15, 0.2) is 0 Å². The lowest BCUT2D eigenvalue weighted by Gasteiger charge is -2.37. The van der Waals surface area contributed by atoms with Crippen LogP contribution in [-0.4, -0.2) is 23.9 Å². The maximum atomic E-state index is 11.1. The van der Waals surface area contributed by atoms with Gasteiger partial charge >= 0.3 is 10.4 Å². The van der Waals surface area contributed by atoms with Gasteiger partial charge in [-0.2, -0.15) is 13.5 Å². The Balaban J connectivity index is 2.17. The van der Waals surface area contributed by atoms with E-state index in [0.717, 1.165) is 5.56 Å². The number of β-lactam (4-membered cyclic amide) rings is 1. The summed E-state index contributed by atoms with van der Waals surface area (Å²) in [7, 11) is -4.65. The van der Waals surface area contributed by atoms with E-state index in [0.29, 0.717) is 5.06 Å². The molecule has 6 nitrogen and oxygen atoms in total. The van der Waals surface area contributed by atoms with Crippen molar-refractivity contribution in [1.29, 1.82) is 0 Å². The highest BCUT2D eigenvalue weighted by molar-refractivity contribution is 7.80. The molecule has 1 heterocycles. The van der Waals surface area contributed by atoms with Gasteiger partial charge < -0.3 is 0 Å². The van der Waals surface area contributed by atoms with Gasteiger partial charge in [0.25, 0.3) is 0 Å². The van der Waals surface area contributed by atoms with E-state index in [1.54, 1.807) is 30.3 Å². The van der Waals surface area contributed by atoms with Crippen molar-refractivity contribution in [2.45, 2.75) is 12.5 Å². The third-order valence-electron chi connectivity index (χ3n) is 2.26. The second-order valence-corrected chi connectivity index (χ2v) is 4.36. The predicted octanol–water partition coefficient (Wildman–Crippen LogP) is 0.694.